The standard InChI is InChI=1S/C16H12F2N2O/c17-12-7-8-14(15(18)11-12)16(21)20(10-4-9-19)13-5-2-1-3-6-13/h1-3,5-8,11H,4,10H2. The minimum atomic E-state index is -0.919. The van der Waals surface area contributed by atoms with Crippen LogP contribution in [0.4, 0.5) is 14.5 Å². The average molecular weight is 286 g/mol. The molecule has 106 valence electrons. The first-order chi connectivity index (χ1) is 10.1. The van der Waals surface area contributed by atoms with Crippen LogP contribution in [0.3, 0.4) is 0 Å². The van der Waals surface area contributed by atoms with Gasteiger partial charge in [-0.15, -0.1) is 0 Å². The summed E-state index contributed by atoms with van der Waals surface area (Å²) < 4.78 is 26.7. The first-order valence-corrected chi connectivity index (χ1v) is 6.32. The smallest absolute Gasteiger partial charge is 0.261 e. The Morgan fingerprint density at radius 1 is 1.14 bits per heavy atom. The maximum Gasteiger partial charge on any atom is 0.261 e. The van der Waals surface area contributed by atoms with Gasteiger partial charge in [0.2, 0.25) is 0 Å². The lowest BCUT2D eigenvalue weighted by Crippen LogP contribution is -2.32. The van der Waals surface area contributed by atoms with Crippen molar-refractivity contribution >= 4 is 11.6 Å². The summed E-state index contributed by atoms with van der Waals surface area (Å²) in [6.07, 6.45) is 0.115. The summed E-state index contributed by atoms with van der Waals surface area (Å²) in [4.78, 5) is 13.7. The number of amides is 1. The number of carbonyl (C=O) groups excluding carboxylic acids is 1. The van der Waals surface area contributed by atoms with Gasteiger partial charge in [0.15, 0.2) is 0 Å². The molecule has 0 atom stereocenters. The van der Waals surface area contributed by atoms with Crippen molar-refractivity contribution in [2.24, 2.45) is 0 Å². The molecule has 0 aliphatic carbocycles. The maximum atomic E-state index is 13.7. The second-order valence-electron chi connectivity index (χ2n) is 4.32. The van der Waals surface area contributed by atoms with Crippen molar-refractivity contribution in [1.29, 1.82) is 5.26 Å². The second kappa shape index (κ2) is 6.62. The van der Waals surface area contributed by atoms with Gasteiger partial charge < -0.3 is 4.90 Å². The minimum Gasteiger partial charge on any atom is -0.307 e. The number of nitrogens with zero attached hydrogens (tertiary/aromatic N) is 2. The zero-order chi connectivity index (χ0) is 15.2. The van der Waals surface area contributed by atoms with Crippen LogP contribution in [0.2, 0.25) is 0 Å². The summed E-state index contributed by atoms with van der Waals surface area (Å²) in [5, 5.41) is 8.69. The Hall–Kier alpha value is -2.74. The highest BCUT2D eigenvalue weighted by atomic mass is 19.1. The minimum absolute atomic E-state index is 0.115. The molecule has 3 nitrogen and oxygen atoms in total. The Morgan fingerprint density at radius 2 is 1.86 bits per heavy atom. The summed E-state index contributed by atoms with van der Waals surface area (Å²) in [5.74, 6) is -2.26. The molecule has 0 fully saturated rings. The molecule has 0 unspecified atom stereocenters. The fourth-order valence-electron chi connectivity index (χ4n) is 1.93. The highest BCUT2D eigenvalue weighted by Gasteiger charge is 2.20. The molecule has 0 heterocycles. The molecule has 2 aromatic carbocycles. The van der Waals surface area contributed by atoms with E-state index in [0.29, 0.717) is 11.8 Å². The number of carbonyl (C=O) groups is 1. The Kier molecular flexibility index (Phi) is 4.62. The largest absolute Gasteiger partial charge is 0.307 e. The van der Waals surface area contributed by atoms with E-state index in [9.17, 15) is 13.6 Å². The summed E-state index contributed by atoms with van der Waals surface area (Å²) in [6, 6.07) is 13.4. The molecule has 2 rings (SSSR count). The molecule has 0 saturated carbocycles. The number of anilines is 1. The second-order valence-corrected chi connectivity index (χ2v) is 4.32. The number of nitriles is 1. The number of hydrogen-bond donors (Lipinski definition) is 0. The fraction of sp³-hybridized carbons (Fsp3) is 0.125. The number of rotatable bonds is 4. The van der Waals surface area contributed by atoms with Crippen molar-refractivity contribution in [2.75, 3.05) is 11.4 Å². The maximum absolute atomic E-state index is 13.7. The lowest BCUT2D eigenvalue weighted by Gasteiger charge is -2.22. The van der Waals surface area contributed by atoms with Crippen molar-refractivity contribution < 1.29 is 13.6 Å². The summed E-state index contributed by atoms with van der Waals surface area (Å²) in [5.41, 5.74) is 0.333. The zero-order valence-electron chi connectivity index (χ0n) is 11.1. The summed E-state index contributed by atoms with van der Waals surface area (Å²) in [6.45, 7) is 0.135. The van der Waals surface area contributed by atoms with Gasteiger partial charge in [0.1, 0.15) is 11.6 Å². The van der Waals surface area contributed by atoms with E-state index in [0.717, 1.165) is 12.1 Å². The van der Waals surface area contributed by atoms with Crippen LogP contribution in [-0.4, -0.2) is 12.5 Å². The van der Waals surface area contributed by atoms with Crippen LogP contribution in [-0.2, 0) is 0 Å². The van der Waals surface area contributed by atoms with E-state index in [1.807, 2.05) is 6.07 Å². The van der Waals surface area contributed by atoms with E-state index in [1.54, 1.807) is 30.3 Å². The molecule has 0 aromatic heterocycles. The van der Waals surface area contributed by atoms with Crippen molar-refractivity contribution in [3.8, 4) is 6.07 Å². The van der Waals surface area contributed by atoms with Gasteiger partial charge in [-0.05, 0) is 24.3 Å². The van der Waals surface area contributed by atoms with Gasteiger partial charge in [0, 0.05) is 18.3 Å². The van der Waals surface area contributed by atoms with E-state index in [2.05, 4.69) is 0 Å². The Balaban J connectivity index is 2.37. The first-order valence-electron chi connectivity index (χ1n) is 6.32. The molecule has 0 aliphatic rings. The molecule has 2 aromatic rings. The normalized spacial score (nSPS) is 9.95. The van der Waals surface area contributed by atoms with Gasteiger partial charge in [0.05, 0.1) is 18.1 Å². The lowest BCUT2D eigenvalue weighted by molar-refractivity contribution is 0.0983. The topological polar surface area (TPSA) is 44.1 Å². The quantitative estimate of drug-likeness (QED) is 0.863. The van der Waals surface area contributed by atoms with Crippen molar-refractivity contribution in [3.05, 3.63) is 65.7 Å². The summed E-state index contributed by atoms with van der Waals surface area (Å²) >= 11 is 0. The Labute approximate surface area is 121 Å². The van der Waals surface area contributed by atoms with Crippen LogP contribution in [0.15, 0.2) is 48.5 Å². The van der Waals surface area contributed by atoms with E-state index in [4.69, 9.17) is 5.26 Å². The van der Waals surface area contributed by atoms with Crippen LogP contribution in [0.5, 0.6) is 0 Å². The van der Waals surface area contributed by atoms with Crippen LogP contribution >= 0.6 is 0 Å². The average Bonchev–Trinajstić information content (AvgIpc) is 2.48. The Morgan fingerprint density at radius 3 is 2.48 bits per heavy atom. The van der Waals surface area contributed by atoms with Gasteiger partial charge in [0.25, 0.3) is 5.91 Å². The van der Waals surface area contributed by atoms with Crippen LogP contribution < -0.4 is 4.90 Å². The summed E-state index contributed by atoms with van der Waals surface area (Å²) in [7, 11) is 0. The number of hydrogen-bond acceptors (Lipinski definition) is 2. The zero-order valence-corrected chi connectivity index (χ0v) is 11.1. The van der Waals surface area contributed by atoms with Crippen molar-refractivity contribution in [3.63, 3.8) is 0 Å². The Bertz CT molecular complexity index is 680. The van der Waals surface area contributed by atoms with Crippen LogP contribution in [0, 0.1) is 23.0 Å². The van der Waals surface area contributed by atoms with E-state index in [-0.39, 0.29) is 18.5 Å². The number of halogens is 2. The van der Waals surface area contributed by atoms with Gasteiger partial charge in [-0.3, -0.25) is 4.79 Å². The van der Waals surface area contributed by atoms with Gasteiger partial charge in [-0.1, -0.05) is 18.2 Å². The monoisotopic (exact) mass is 286 g/mol. The van der Waals surface area contributed by atoms with Crippen LogP contribution in [0.1, 0.15) is 16.8 Å². The fourth-order valence-corrected chi connectivity index (χ4v) is 1.93. The number of benzene rings is 2. The highest BCUT2D eigenvalue weighted by molar-refractivity contribution is 6.06. The number of para-hydroxylation sites is 1. The molecule has 0 bridgehead atoms. The van der Waals surface area contributed by atoms with Crippen molar-refractivity contribution in [2.45, 2.75) is 6.42 Å². The molecule has 5 heteroatoms. The molecule has 21 heavy (non-hydrogen) atoms. The van der Waals surface area contributed by atoms with Gasteiger partial charge in [-0.25, -0.2) is 8.78 Å². The molecule has 1 amide bonds. The molecule has 0 N–H and O–H groups in total. The third kappa shape index (κ3) is 3.42. The predicted octanol–water partition coefficient (Wildman–Crippen LogP) is 3.53. The molecule has 0 aliphatic heterocycles. The lowest BCUT2D eigenvalue weighted by atomic mass is 10.1. The SMILES string of the molecule is N#CCCN(C(=O)c1ccc(F)cc1F)c1ccccc1. The van der Waals surface area contributed by atoms with Crippen molar-refractivity contribution in [1.82, 2.24) is 0 Å². The highest BCUT2D eigenvalue weighted by Crippen LogP contribution is 2.19. The van der Waals surface area contributed by atoms with E-state index < -0.39 is 17.5 Å². The molecular formula is C16H12F2N2O. The van der Waals surface area contributed by atoms with Crippen LogP contribution in [0.25, 0.3) is 0 Å². The molecular weight excluding hydrogens is 274 g/mol. The molecule has 0 radical (unpaired) electrons. The molecule has 0 saturated heterocycles. The third-order valence-electron chi connectivity index (χ3n) is 2.92. The van der Waals surface area contributed by atoms with Gasteiger partial charge in [-0.2, -0.15) is 5.26 Å². The molecule has 0 spiro atoms. The first kappa shape index (κ1) is 14.7. The van der Waals surface area contributed by atoms with E-state index >= 15 is 0 Å². The predicted molar refractivity (Wildman–Crippen MR) is 74.7 cm³/mol. The van der Waals surface area contributed by atoms with E-state index in [1.165, 1.54) is 4.90 Å². The third-order valence-corrected chi connectivity index (χ3v) is 2.92. The van der Waals surface area contributed by atoms with Gasteiger partial charge >= 0.3 is 0 Å².